The van der Waals surface area contributed by atoms with Gasteiger partial charge >= 0.3 is 0 Å². The molecule has 0 aliphatic heterocycles. The monoisotopic (exact) mass is 294 g/mol. The van der Waals surface area contributed by atoms with Crippen molar-refractivity contribution in [2.24, 2.45) is 5.92 Å². The highest BCUT2D eigenvalue weighted by Gasteiger charge is 2.43. The summed E-state index contributed by atoms with van der Waals surface area (Å²) in [6, 6.07) is 15.6. The molecular weight excluding hydrogens is 279 g/mol. The molecule has 4 heteroatoms. The highest BCUT2D eigenvalue weighted by Crippen LogP contribution is 2.47. The second kappa shape index (κ2) is 5.98. The molecule has 2 aromatic carbocycles. The van der Waals surface area contributed by atoms with Gasteiger partial charge in [-0.25, -0.2) is 4.39 Å². The molecule has 1 saturated carbocycles. The summed E-state index contributed by atoms with van der Waals surface area (Å²) in [5.41, 5.74) is 2.58. The number of hydrogen-bond acceptors (Lipinski definition) is 2. The van der Waals surface area contributed by atoms with Crippen molar-refractivity contribution in [2.45, 2.75) is 18.9 Å². The lowest BCUT2D eigenvalue weighted by Crippen LogP contribution is -2.24. The molecule has 2 atom stereocenters. The Balaban J connectivity index is 1.53. The summed E-state index contributed by atoms with van der Waals surface area (Å²) < 4.78 is 12.9. The van der Waals surface area contributed by atoms with E-state index in [9.17, 15) is 9.18 Å². The van der Waals surface area contributed by atoms with Crippen LogP contribution < -0.4 is 5.32 Å². The van der Waals surface area contributed by atoms with Crippen molar-refractivity contribution in [1.82, 2.24) is 5.32 Å². The zero-order valence-electron chi connectivity index (χ0n) is 11.9. The molecule has 1 fully saturated rings. The Labute approximate surface area is 128 Å². The van der Waals surface area contributed by atoms with Crippen LogP contribution in [0.3, 0.4) is 0 Å². The van der Waals surface area contributed by atoms with Crippen LogP contribution in [0.15, 0.2) is 48.5 Å². The summed E-state index contributed by atoms with van der Waals surface area (Å²) in [4.78, 5) is 12.1. The van der Waals surface area contributed by atoms with Gasteiger partial charge < -0.3 is 5.32 Å². The molecule has 1 aliphatic rings. The van der Waals surface area contributed by atoms with Crippen molar-refractivity contribution in [2.75, 3.05) is 0 Å². The Morgan fingerprint density at radius 3 is 2.50 bits per heavy atom. The lowest BCUT2D eigenvalue weighted by atomic mass is 10.1. The largest absolute Gasteiger partial charge is 0.352 e. The lowest BCUT2D eigenvalue weighted by Gasteiger charge is -2.05. The van der Waals surface area contributed by atoms with Gasteiger partial charge in [-0.15, -0.1) is 0 Å². The van der Waals surface area contributed by atoms with Crippen LogP contribution >= 0.6 is 0 Å². The van der Waals surface area contributed by atoms with Gasteiger partial charge in [0, 0.05) is 12.5 Å². The average Bonchev–Trinajstić information content (AvgIpc) is 3.34. The second-order valence-electron chi connectivity index (χ2n) is 5.53. The molecule has 0 bridgehead atoms. The zero-order chi connectivity index (χ0) is 15.5. The van der Waals surface area contributed by atoms with E-state index in [0.717, 1.165) is 17.5 Å². The third-order valence-electron chi connectivity index (χ3n) is 3.98. The Morgan fingerprint density at radius 2 is 1.86 bits per heavy atom. The molecule has 0 radical (unpaired) electrons. The van der Waals surface area contributed by atoms with Crippen molar-refractivity contribution in [3.8, 4) is 6.07 Å². The van der Waals surface area contributed by atoms with E-state index < -0.39 is 0 Å². The van der Waals surface area contributed by atoms with Crippen LogP contribution in [0.2, 0.25) is 0 Å². The molecule has 3 rings (SSSR count). The van der Waals surface area contributed by atoms with Crippen molar-refractivity contribution in [3.63, 3.8) is 0 Å². The second-order valence-corrected chi connectivity index (χ2v) is 5.53. The van der Waals surface area contributed by atoms with E-state index in [1.165, 1.54) is 12.1 Å². The molecule has 0 aromatic heterocycles. The minimum absolute atomic E-state index is 0.0242. The fourth-order valence-corrected chi connectivity index (χ4v) is 2.58. The molecule has 2 aromatic rings. The average molecular weight is 294 g/mol. The molecule has 22 heavy (non-hydrogen) atoms. The number of amides is 1. The van der Waals surface area contributed by atoms with Gasteiger partial charge in [-0.2, -0.15) is 5.26 Å². The Hall–Kier alpha value is -2.67. The van der Waals surface area contributed by atoms with E-state index in [2.05, 4.69) is 11.4 Å². The first-order chi connectivity index (χ1) is 10.7. The van der Waals surface area contributed by atoms with Gasteiger partial charge in [0.25, 0.3) is 0 Å². The van der Waals surface area contributed by atoms with Crippen molar-refractivity contribution >= 4 is 5.91 Å². The summed E-state index contributed by atoms with van der Waals surface area (Å²) in [6.07, 6.45) is 0.810. The number of nitrogens with one attached hydrogen (secondary N) is 1. The van der Waals surface area contributed by atoms with Crippen LogP contribution in [0, 0.1) is 23.1 Å². The van der Waals surface area contributed by atoms with Crippen LogP contribution in [0.25, 0.3) is 0 Å². The number of benzene rings is 2. The van der Waals surface area contributed by atoms with Crippen LogP contribution in [-0.2, 0) is 11.3 Å². The van der Waals surface area contributed by atoms with Gasteiger partial charge in [-0.1, -0.05) is 24.3 Å². The van der Waals surface area contributed by atoms with Gasteiger partial charge in [0.05, 0.1) is 11.6 Å². The molecule has 0 heterocycles. The molecule has 3 nitrogen and oxygen atoms in total. The third-order valence-corrected chi connectivity index (χ3v) is 3.98. The first kappa shape index (κ1) is 14.3. The van der Waals surface area contributed by atoms with Gasteiger partial charge in [-0.3, -0.25) is 4.79 Å². The standard InChI is InChI=1S/C18H15FN2O/c19-15-7-5-14(6-8-15)16-9-17(16)18(22)21-11-13-3-1-12(10-20)2-4-13/h1-8,16-17H,9,11H2,(H,21,22). The molecule has 0 spiro atoms. The predicted molar refractivity (Wildman–Crippen MR) is 80.3 cm³/mol. The maximum Gasteiger partial charge on any atom is 0.224 e. The van der Waals surface area contributed by atoms with E-state index >= 15 is 0 Å². The zero-order valence-corrected chi connectivity index (χ0v) is 11.9. The van der Waals surface area contributed by atoms with Gasteiger partial charge in [-0.05, 0) is 47.7 Å². The molecule has 2 unspecified atom stereocenters. The summed E-state index contributed by atoms with van der Waals surface area (Å²) in [5.74, 6) is -0.0599. The first-order valence-electron chi connectivity index (χ1n) is 7.19. The number of hydrogen-bond donors (Lipinski definition) is 1. The number of carbonyl (C=O) groups excluding carboxylic acids is 1. The number of nitriles is 1. The van der Waals surface area contributed by atoms with Crippen LogP contribution in [0.5, 0.6) is 0 Å². The van der Waals surface area contributed by atoms with Crippen LogP contribution in [0.1, 0.15) is 29.0 Å². The highest BCUT2D eigenvalue weighted by molar-refractivity contribution is 5.82. The van der Waals surface area contributed by atoms with E-state index in [1.807, 2.05) is 12.1 Å². The molecule has 1 aliphatic carbocycles. The van der Waals surface area contributed by atoms with E-state index in [1.54, 1.807) is 24.3 Å². The van der Waals surface area contributed by atoms with Gasteiger partial charge in [0.1, 0.15) is 5.82 Å². The van der Waals surface area contributed by atoms with Crippen LogP contribution in [-0.4, -0.2) is 5.91 Å². The number of carbonyl (C=O) groups is 1. The van der Waals surface area contributed by atoms with E-state index in [-0.39, 0.29) is 23.6 Å². The number of nitrogens with zero attached hydrogens (tertiary/aromatic N) is 1. The molecule has 1 N–H and O–H groups in total. The quantitative estimate of drug-likeness (QED) is 0.942. The van der Waals surface area contributed by atoms with Crippen molar-refractivity contribution in [1.29, 1.82) is 5.26 Å². The van der Waals surface area contributed by atoms with Crippen molar-refractivity contribution < 1.29 is 9.18 Å². The highest BCUT2D eigenvalue weighted by atomic mass is 19.1. The SMILES string of the molecule is N#Cc1ccc(CNC(=O)C2CC2c2ccc(F)cc2)cc1. The first-order valence-corrected chi connectivity index (χ1v) is 7.19. The topological polar surface area (TPSA) is 52.9 Å². The van der Waals surface area contributed by atoms with E-state index in [0.29, 0.717) is 12.1 Å². The fourth-order valence-electron chi connectivity index (χ4n) is 2.58. The minimum atomic E-state index is -0.258. The third kappa shape index (κ3) is 3.15. The van der Waals surface area contributed by atoms with Crippen LogP contribution in [0.4, 0.5) is 4.39 Å². The predicted octanol–water partition coefficient (Wildman–Crippen LogP) is 3.12. The Morgan fingerprint density at radius 1 is 1.18 bits per heavy atom. The molecule has 1 amide bonds. The Kier molecular flexibility index (Phi) is 3.88. The fraction of sp³-hybridized carbons (Fsp3) is 0.222. The molecular formula is C18H15FN2O. The van der Waals surface area contributed by atoms with E-state index in [4.69, 9.17) is 5.26 Å². The smallest absolute Gasteiger partial charge is 0.224 e. The summed E-state index contributed by atoms with van der Waals surface area (Å²) in [5, 5.41) is 11.7. The summed E-state index contributed by atoms with van der Waals surface area (Å²) in [6.45, 7) is 0.456. The molecule has 110 valence electrons. The summed E-state index contributed by atoms with van der Waals surface area (Å²) >= 11 is 0. The number of halogens is 1. The van der Waals surface area contributed by atoms with Gasteiger partial charge in [0.15, 0.2) is 0 Å². The van der Waals surface area contributed by atoms with Gasteiger partial charge in [0.2, 0.25) is 5.91 Å². The minimum Gasteiger partial charge on any atom is -0.352 e. The maximum absolute atomic E-state index is 12.9. The maximum atomic E-state index is 12.9. The lowest BCUT2D eigenvalue weighted by molar-refractivity contribution is -0.122. The number of rotatable bonds is 4. The normalized spacial score (nSPS) is 19.3. The Bertz CT molecular complexity index is 716. The molecule has 0 saturated heterocycles. The summed E-state index contributed by atoms with van der Waals surface area (Å²) in [7, 11) is 0. The van der Waals surface area contributed by atoms with Crippen molar-refractivity contribution in [3.05, 3.63) is 71.0 Å².